The summed E-state index contributed by atoms with van der Waals surface area (Å²) in [5, 5.41) is 27.0. The average molecular weight is 538 g/mol. The van der Waals surface area contributed by atoms with Crippen LogP contribution >= 0.6 is 0 Å². The molecule has 1 fully saturated rings. The lowest BCUT2D eigenvalue weighted by molar-refractivity contribution is -0.135. The highest BCUT2D eigenvalue weighted by atomic mass is 19.4. The molecule has 0 amide bonds. The zero-order valence-electron chi connectivity index (χ0n) is 20.8. The van der Waals surface area contributed by atoms with Crippen LogP contribution in [0.15, 0.2) is 47.3 Å². The van der Waals surface area contributed by atoms with Crippen molar-refractivity contribution in [3.05, 3.63) is 58.4 Å². The van der Waals surface area contributed by atoms with E-state index in [4.69, 9.17) is 0 Å². The van der Waals surface area contributed by atoms with Crippen LogP contribution < -0.4 is 16.2 Å². The Labute approximate surface area is 220 Å². The molecule has 0 saturated carbocycles. The second-order valence-corrected chi connectivity index (χ2v) is 9.55. The molecular weight excluding hydrogens is 511 g/mol. The minimum absolute atomic E-state index is 0.0686. The summed E-state index contributed by atoms with van der Waals surface area (Å²) in [6, 6.07) is 11.7. The van der Waals surface area contributed by atoms with E-state index in [1.54, 1.807) is 0 Å². The lowest BCUT2D eigenvalue weighted by Crippen LogP contribution is -2.33. The molecule has 0 spiro atoms. The minimum Gasteiger partial charge on any atom is -0.367 e. The van der Waals surface area contributed by atoms with E-state index >= 15 is 0 Å². The van der Waals surface area contributed by atoms with Gasteiger partial charge in [-0.1, -0.05) is 24.6 Å². The molecule has 39 heavy (non-hydrogen) atoms. The number of para-hydroxylation sites is 1. The first kappa shape index (κ1) is 24.9. The summed E-state index contributed by atoms with van der Waals surface area (Å²) in [6.07, 6.45) is -1.33. The van der Waals surface area contributed by atoms with Gasteiger partial charge in [0.15, 0.2) is 17.5 Å². The Balaban J connectivity index is 1.42. The molecule has 0 radical (unpaired) electrons. The predicted octanol–water partition coefficient (Wildman–Crippen LogP) is 4.85. The van der Waals surface area contributed by atoms with Crippen molar-refractivity contribution in [2.24, 2.45) is 0 Å². The summed E-state index contributed by atoms with van der Waals surface area (Å²) in [6.45, 7) is 3.19. The molecule has 3 aromatic heterocycles. The SMILES string of the molecule is O=c1[nH][nH]c2ccc(-c3cc(Nc4n[nH]c5ccccc45)nnc3NCCN3CCCCC3)c(C(F)(F)F)c12. The number of benzene rings is 2. The molecule has 5 N–H and O–H groups in total. The largest absolute Gasteiger partial charge is 0.417 e. The molecule has 1 saturated heterocycles. The summed E-state index contributed by atoms with van der Waals surface area (Å²) in [5.74, 6) is 0.867. The molecule has 202 valence electrons. The van der Waals surface area contributed by atoms with E-state index in [2.05, 4.69) is 46.1 Å². The molecule has 5 aromatic rings. The number of alkyl halides is 3. The number of rotatable bonds is 7. The molecule has 2 aromatic carbocycles. The van der Waals surface area contributed by atoms with Gasteiger partial charge in [0.25, 0.3) is 5.56 Å². The van der Waals surface area contributed by atoms with Gasteiger partial charge in [0.2, 0.25) is 0 Å². The number of H-pyrrole nitrogens is 3. The normalized spacial score (nSPS) is 14.7. The molecule has 1 aliphatic heterocycles. The number of halogens is 3. The highest BCUT2D eigenvalue weighted by Gasteiger charge is 2.38. The van der Waals surface area contributed by atoms with Gasteiger partial charge in [-0.15, -0.1) is 10.2 Å². The fourth-order valence-corrected chi connectivity index (χ4v) is 5.13. The van der Waals surface area contributed by atoms with Gasteiger partial charge in [0.05, 0.1) is 22.0 Å². The highest BCUT2D eigenvalue weighted by molar-refractivity contribution is 5.94. The number of nitrogens with zero attached hydrogens (tertiary/aromatic N) is 4. The summed E-state index contributed by atoms with van der Waals surface area (Å²) < 4.78 is 43.4. The van der Waals surface area contributed by atoms with Gasteiger partial charge in [-0.2, -0.15) is 18.3 Å². The van der Waals surface area contributed by atoms with Crippen LogP contribution in [0.2, 0.25) is 0 Å². The molecule has 0 aliphatic carbocycles. The number of aromatic amines is 3. The van der Waals surface area contributed by atoms with E-state index in [9.17, 15) is 18.0 Å². The Kier molecular flexibility index (Phi) is 6.43. The maximum atomic E-state index is 14.5. The maximum Gasteiger partial charge on any atom is 0.417 e. The zero-order valence-corrected chi connectivity index (χ0v) is 20.8. The number of likely N-dealkylation sites (tertiary alicyclic amines) is 1. The van der Waals surface area contributed by atoms with E-state index in [0.717, 1.165) is 43.4 Å². The smallest absolute Gasteiger partial charge is 0.367 e. The van der Waals surface area contributed by atoms with Crippen molar-refractivity contribution in [3.63, 3.8) is 0 Å². The summed E-state index contributed by atoms with van der Waals surface area (Å²) >= 11 is 0. The van der Waals surface area contributed by atoms with Crippen molar-refractivity contribution < 1.29 is 13.2 Å². The van der Waals surface area contributed by atoms with Crippen molar-refractivity contribution in [2.75, 3.05) is 36.8 Å². The van der Waals surface area contributed by atoms with Crippen LogP contribution in [0.3, 0.4) is 0 Å². The van der Waals surface area contributed by atoms with Crippen LogP contribution in [0.4, 0.5) is 30.6 Å². The molecule has 0 atom stereocenters. The van der Waals surface area contributed by atoms with Crippen LogP contribution in [-0.4, -0.2) is 61.7 Å². The highest BCUT2D eigenvalue weighted by Crippen LogP contribution is 2.42. The van der Waals surface area contributed by atoms with Gasteiger partial charge < -0.3 is 15.5 Å². The number of hydrogen-bond donors (Lipinski definition) is 5. The Morgan fingerprint density at radius 3 is 2.56 bits per heavy atom. The first-order chi connectivity index (χ1) is 18.9. The fourth-order valence-electron chi connectivity index (χ4n) is 5.13. The third kappa shape index (κ3) is 4.92. The number of anilines is 3. The first-order valence-electron chi connectivity index (χ1n) is 12.7. The van der Waals surface area contributed by atoms with Gasteiger partial charge in [-0.25, -0.2) is 0 Å². The zero-order chi connectivity index (χ0) is 27.0. The fraction of sp³-hybridized carbons (Fsp3) is 0.308. The number of fused-ring (bicyclic) bond motifs is 2. The van der Waals surface area contributed by atoms with Gasteiger partial charge >= 0.3 is 6.18 Å². The van der Waals surface area contributed by atoms with Gasteiger partial charge in [0, 0.05) is 24.0 Å². The number of piperidine rings is 1. The Morgan fingerprint density at radius 1 is 0.923 bits per heavy atom. The summed E-state index contributed by atoms with van der Waals surface area (Å²) in [5.41, 5.74) is -1.03. The van der Waals surface area contributed by atoms with Gasteiger partial charge in [-0.05, 0) is 55.8 Å². The van der Waals surface area contributed by atoms with E-state index < -0.39 is 22.7 Å². The second kappa shape index (κ2) is 10.1. The van der Waals surface area contributed by atoms with Crippen LogP contribution in [0.25, 0.3) is 32.9 Å². The Hall–Kier alpha value is -4.39. The predicted molar refractivity (Wildman–Crippen MR) is 143 cm³/mol. The topological polar surface area (TPSA) is 130 Å². The Bertz CT molecular complexity index is 1680. The average Bonchev–Trinajstić information content (AvgIpc) is 3.52. The summed E-state index contributed by atoms with van der Waals surface area (Å²) in [4.78, 5) is 14.7. The lowest BCUT2D eigenvalue weighted by atomic mass is 9.96. The van der Waals surface area contributed by atoms with E-state index in [0.29, 0.717) is 12.4 Å². The van der Waals surface area contributed by atoms with Crippen molar-refractivity contribution in [1.29, 1.82) is 0 Å². The van der Waals surface area contributed by atoms with Crippen molar-refractivity contribution in [3.8, 4) is 11.1 Å². The van der Waals surface area contributed by atoms with Crippen LogP contribution in [0.1, 0.15) is 24.8 Å². The second-order valence-electron chi connectivity index (χ2n) is 9.55. The molecule has 13 heteroatoms. The van der Waals surface area contributed by atoms with Crippen molar-refractivity contribution in [1.82, 2.24) is 35.5 Å². The van der Waals surface area contributed by atoms with Crippen molar-refractivity contribution in [2.45, 2.75) is 25.4 Å². The number of aromatic nitrogens is 6. The van der Waals surface area contributed by atoms with Gasteiger partial charge in [0.1, 0.15) is 0 Å². The molecule has 10 nitrogen and oxygen atoms in total. The molecule has 0 unspecified atom stereocenters. The van der Waals surface area contributed by atoms with E-state index in [-0.39, 0.29) is 28.3 Å². The number of nitrogens with one attached hydrogen (secondary N) is 5. The molecular formula is C26H26F3N9O. The van der Waals surface area contributed by atoms with Crippen LogP contribution in [0.5, 0.6) is 0 Å². The third-order valence-corrected chi connectivity index (χ3v) is 7.00. The summed E-state index contributed by atoms with van der Waals surface area (Å²) in [7, 11) is 0. The lowest BCUT2D eigenvalue weighted by Gasteiger charge is -2.26. The molecule has 1 aliphatic rings. The molecule has 0 bridgehead atoms. The van der Waals surface area contributed by atoms with Crippen molar-refractivity contribution >= 4 is 39.3 Å². The van der Waals surface area contributed by atoms with Crippen LogP contribution in [0, 0.1) is 0 Å². The third-order valence-electron chi connectivity index (χ3n) is 7.00. The molecule has 6 rings (SSSR count). The maximum absolute atomic E-state index is 14.5. The van der Waals surface area contributed by atoms with E-state index in [1.165, 1.54) is 24.6 Å². The minimum atomic E-state index is -4.80. The number of hydrogen-bond acceptors (Lipinski definition) is 7. The quantitative estimate of drug-likeness (QED) is 0.201. The monoisotopic (exact) mass is 537 g/mol. The van der Waals surface area contributed by atoms with Gasteiger partial charge in [-0.3, -0.25) is 20.1 Å². The van der Waals surface area contributed by atoms with Crippen LogP contribution in [-0.2, 0) is 6.18 Å². The first-order valence-corrected chi connectivity index (χ1v) is 12.7. The molecule has 4 heterocycles. The standard InChI is InChI=1S/C26H26F3N9O/c27-26(28,29)22-15(8-9-19-21(22)25(39)37-33-19)17-14-20(31-24-16-6-2-3-7-18(16)32-36-24)34-35-23(17)30-10-13-38-11-4-1-5-12-38/h2-3,6-9,14H,1,4-5,10-13H2,(H,30,35)(H2,33,37,39)(H2,31,32,34,36). The van der Waals surface area contributed by atoms with E-state index in [1.807, 2.05) is 24.3 Å². The Morgan fingerprint density at radius 2 is 1.74 bits per heavy atom.